The molecule has 3 nitrogen and oxygen atoms in total. The Hall–Kier alpha value is -1.29. The minimum absolute atomic E-state index is 0.347. The van der Waals surface area contributed by atoms with Gasteiger partial charge in [0.15, 0.2) is 0 Å². The summed E-state index contributed by atoms with van der Waals surface area (Å²) >= 11 is 12.2. The molecule has 0 amide bonds. The molecule has 1 atom stereocenters. The lowest BCUT2D eigenvalue weighted by molar-refractivity contribution is 0.0842. The molecule has 0 bridgehead atoms. The number of hydrogen-bond donors (Lipinski definition) is 1. The van der Waals surface area contributed by atoms with Crippen molar-refractivity contribution in [2.75, 3.05) is 0 Å². The minimum Gasteiger partial charge on any atom is -0.385 e. The normalized spacial score (nSPS) is 13.3. The van der Waals surface area contributed by atoms with Crippen LogP contribution >= 0.6 is 23.2 Å². The van der Waals surface area contributed by atoms with Crippen LogP contribution in [0.15, 0.2) is 48.7 Å². The van der Waals surface area contributed by atoms with Crippen LogP contribution in [-0.2, 0) is 7.05 Å². The van der Waals surface area contributed by atoms with E-state index < -0.39 is 16.2 Å². The Balaban J connectivity index is 2.32. The highest BCUT2D eigenvalue weighted by Crippen LogP contribution is 2.38. The molecular weight excluding hydrogens is 285 g/mol. The fourth-order valence-corrected chi connectivity index (χ4v) is 2.28. The number of rotatable bonds is 4. The molecule has 0 spiro atoms. The SMILES string of the molecule is Cn1cccc1C(=O)C(Cl)(Cl)[C@@H](O)c1ccccc1. The van der Waals surface area contributed by atoms with Crippen LogP contribution in [0.1, 0.15) is 22.2 Å². The van der Waals surface area contributed by atoms with Gasteiger partial charge >= 0.3 is 0 Å². The van der Waals surface area contributed by atoms with Gasteiger partial charge in [-0.05, 0) is 17.7 Å². The number of halogens is 2. The molecule has 5 heteroatoms. The number of carbonyl (C=O) groups excluding carboxylic acids is 1. The Morgan fingerprint density at radius 3 is 2.37 bits per heavy atom. The lowest BCUT2D eigenvalue weighted by atomic mass is 10.0. The highest BCUT2D eigenvalue weighted by atomic mass is 35.5. The molecule has 0 aliphatic rings. The third-order valence-electron chi connectivity index (χ3n) is 2.94. The number of ketones is 1. The molecule has 0 saturated carbocycles. The topological polar surface area (TPSA) is 42.2 Å². The van der Waals surface area contributed by atoms with Crippen LogP contribution in [-0.4, -0.2) is 19.8 Å². The highest BCUT2D eigenvalue weighted by molar-refractivity contribution is 6.60. The maximum atomic E-state index is 12.3. The number of aliphatic hydroxyl groups is 1. The molecule has 1 aromatic carbocycles. The van der Waals surface area contributed by atoms with Crippen LogP contribution in [0.25, 0.3) is 0 Å². The van der Waals surface area contributed by atoms with Crippen molar-refractivity contribution in [2.45, 2.75) is 10.4 Å². The average Bonchev–Trinajstić information content (AvgIpc) is 2.84. The van der Waals surface area contributed by atoms with Gasteiger partial charge in [-0.2, -0.15) is 0 Å². The summed E-state index contributed by atoms with van der Waals surface area (Å²) in [5, 5.41) is 10.2. The molecule has 1 heterocycles. The van der Waals surface area contributed by atoms with Crippen LogP contribution in [0.2, 0.25) is 0 Å². The third kappa shape index (κ3) is 2.68. The van der Waals surface area contributed by atoms with Crippen LogP contribution in [0, 0.1) is 0 Å². The van der Waals surface area contributed by atoms with E-state index in [9.17, 15) is 9.90 Å². The van der Waals surface area contributed by atoms with E-state index >= 15 is 0 Å². The van der Waals surface area contributed by atoms with Gasteiger partial charge in [-0.25, -0.2) is 0 Å². The van der Waals surface area contributed by atoms with Crippen molar-refractivity contribution in [1.82, 2.24) is 4.57 Å². The number of carbonyl (C=O) groups is 1. The first kappa shape index (κ1) is 14.1. The van der Waals surface area contributed by atoms with Crippen molar-refractivity contribution in [3.05, 3.63) is 59.9 Å². The monoisotopic (exact) mass is 297 g/mol. The number of benzene rings is 1. The van der Waals surface area contributed by atoms with Crippen LogP contribution in [0.3, 0.4) is 0 Å². The fourth-order valence-electron chi connectivity index (χ4n) is 1.84. The molecule has 0 unspecified atom stereocenters. The number of nitrogens with zero attached hydrogens (tertiary/aromatic N) is 1. The van der Waals surface area contributed by atoms with E-state index in [4.69, 9.17) is 23.2 Å². The summed E-state index contributed by atoms with van der Waals surface area (Å²) in [5.74, 6) is -0.528. The Kier molecular flexibility index (Phi) is 3.99. The molecule has 19 heavy (non-hydrogen) atoms. The van der Waals surface area contributed by atoms with Gasteiger partial charge in [-0.3, -0.25) is 4.79 Å². The molecule has 0 fully saturated rings. The third-order valence-corrected chi connectivity index (χ3v) is 3.69. The van der Waals surface area contributed by atoms with Gasteiger partial charge in [-0.15, -0.1) is 0 Å². The standard InChI is InChI=1S/C14H13Cl2NO2/c1-17-9-5-8-11(17)13(19)14(15,16)12(18)10-6-3-2-4-7-10/h2-9,12,18H,1H3/t12-/m0/s1. The number of aromatic nitrogens is 1. The second kappa shape index (κ2) is 5.37. The van der Waals surface area contributed by atoms with Crippen LogP contribution in [0.5, 0.6) is 0 Å². The highest BCUT2D eigenvalue weighted by Gasteiger charge is 2.43. The quantitative estimate of drug-likeness (QED) is 0.696. The van der Waals surface area contributed by atoms with E-state index in [1.807, 2.05) is 0 Å². The zero-order chi connectivity index (χ0) is 14.0. The molecule has 100 valence electrons. The summed E-state index contributed by atoms with van der Waals surface area (Å²) < 4.78 is -0.312. The van der Waals surface area contributed by atoms with E-state index in [0.717, 1.165) is 0 Å². The summed E-state index contributed by atoms with van der Waals surface area (Å²) in [6.07, 6.45) is 0.422. The molecule has 1 aromatic heterocycles. The van der Waals surface area contributed by atoms with Crippen molar-refractivity contribution >= 4 is 29.0 Å². The second-order valence-electron chi connectivity index (χ2n) is 4.27. The maximum absolute atomic E-state index is 12.3. The average molecular weight is 298 g/mol. The van der Waals surface area contributed by atoms with Gasteiger partial charge in [0.2, 0.25) is 10.1 Å². The summed E-state index contributed by atoms with van der Waals surface area (Å²) in [6, 6.07) is 12.0. The van der Waals surface area contributed by atoms with Gasteiger partial charge in [0.1, 0.15) is 6.10 Å². The van der Waals surface area contributed by atoms with Crippen molar-refractivity contribution < 1.29 is 9.90 Å². The first-order chi connectivity index (χ1) is 8.94. The molecule has 0 aliphatic carbocycles. The lowest BCUT2D eigenvalue weighted by Gasteiger charge is -2.24. The predicted molar refractivity (Wildman–Crippen MR) is 75.6 cm³/mol. The van der Waals surface area contributed by atoms with Gasteiger partial charge in [-0.1, -0.05) is 53.5 Å². The molecule has 1 N–H and O–H groups in total. The largest absolute Gasteiger partial charge is 0.385 e. The zero-order valence-electron chi connectivity index (χ0n) is 10.3. The number of alkyl halides is 2. The zero-order valence-corrected chi connectivity index (χ0v) is 11.8. The van der Waals surface area contributed by atoms with Crippen molar-refractivity contribution in [1.29, 1.82) is 0 Å². The first-order valence-electron chi connectivity index (χ1n) is 5.71. The van der Waals surface area contributed by atoms with E-state index in [1.165, 1.54) is 0 Å². The van der Waals surface area contributed by atoms with E-state index in [2.05, 4.69) is 0 Å². The molecule has 2 aromatic rings. The Bertz CT molecular complexity index is 578. The van der Waals surface area contributed by atoms with Crippen molar-refractivity contribution in [2.24, 2.45) is 7.05 Å². The lowest BCUT2D eigenvalue weighted by Crippen LogP contribution is -2.34. The van der Waals surface area contributed by atoms with Crippen molar-refractivity contribution in [3.8, 4) is 0 Å². The summed E-state index contributed by atoms with van der Waals surface area (Å²) in [5.41, 5.74) is 0.843. The van der Waals surface area contributed by atoms with Crippen LogP contribution < -0.4 is 0 Å². The van der Waals surface area contributed by atoms with E-state index in [0.29, 0.717) is 11.3 Å². The second-order valence-corrected chi connectivity index (χ2v) is 5.66. The molecule has 2 rings (SSSR count). The van der Waals surface area contributed by atoms with Gasteiger partial charge in [0.25, 0.3) is 0 Å². The van der Waals surface area contributed by atoms with Gasteiger partial charge in [0.05, 0.1) is 5.69 Å². The summed E-state index contributed by atoms with van der Waals surface area (Å²) in [6.45, 7) is 0. The van der Waals surface area contributed by atoms with Gasteiger partial charge in [0, 0.05) is 13.2 Å². The molecule has 0 saturated heterocycles. The summed E-state index contributed by atoms with van der Waals surface area (Å²) in [4.78, 5) is 12.3. The molecule has 0 radical (unpaired) electrons. The predicted octanol–water partition coefficient (Wildman–Crippen LogP) is 3.12. The Labute approximate surface area is 121 Å². The van der Waals surface area contributed by atoms with E-state index in [1.54, 1.807) is 60.3 Å². The van der Waals surface area contributed by atoms with Crippen molar-refractivity contribution in [3.63, 3.8) is 0 Å². The maximum Gasteiger partial charge on any atom is 0.218 e. The van der Waals surface area contributed by atoms with Crippen LogP contribution in [0.4, 0.5) is 0 Å². The molecule has 0 aliphatic heterocycles. The number of Topliss-reactive ketones (excluding diaryl/α,β-unsaturated/α-hetero) is 1. The Morgan fingerprint density at radius 2 is 1.84 bits per heavy atom. The minimum atomic E-state index is -1.92. The first-order valence-corrected chi connectivity index (χ1v) is 6.47. The number of aliphatic hydroxyl groups excluding tert-OH is 1. The summed E-state index contributed by atoms with van der Waals surface area (Å²) in [7, 11) is 1.71. The number of hydrogen-bond acceptors (Lipinski definition) is 2. The molecular formula is C14H13Cl2NO2. The number of aryl methyl sites for hydroxylation is 1. The fraction of sp³-hybridized carbons (Fsp3) is 0.214. The van der Waals surface area contributed by atoms with Gasteiger partial charge < -0.3 is 9.67 Å². The van der Waals surface area contributed by atoms with E-state index in [-0.39, 0.29) is 0 Å². The Morgan fingerprint density at radius 1 is 1.21 bits per heavy atom. The smallest absolute Gasteiger partial charge is 0.218 e.